The van der Waals surface area contributed by atoms with Crippen molar-refractivity contribution in [3.05, 3.63) is 11.9 Å². The Labute approximate surface area is 83.3 Å². The van der Waals surface area contributed by atoms with E-state index in [1.165, 1.54) is 10.9 Å². The zero-order valence-electron chi connectivity index (χ0n) is 8.77. The van der Waals surface area contributed by atoms with Crippen LogP contribution in [0.1, 0.15) is 30.8 Å². The predicted molar refractivity (Wildman–Crippen MR) is 52.8 cm³/mol. The summed E-state index contributed by atoms with van der Waals surface area (Å²) in [6, 6.07) is -0.461. The Kier molecular flexibility index (Phi) is 3.35. The summed E-state index contributed by atoms with van der Waals surface area (Å²) in [6.45, 7) is 3.98. The van der Waals surface area contributed by atoms with E-state index in [9.17, 15) is 4.79 Å². The summed E-state index contributed by atoms with van der Waals surface area (Å²) in [5.74, 6) is 0.0873. The lowest BCUT2D eigenvalue weighted by atomic mass is 9.95. The van der Waals surface area contributed by atoms with Crippen molar-refractivity contribution in [1.29, 1.82) is 0 Å². The highest BCUT2D eigenvalue weighted by Crippen LogP contribution is 2.10. The van der Waals surface area contributed by atoms with Gasteiger partial charge in [-0.15, -0.1) is 5.10 Å². The van der Waals surface area contributed by atoms with E-state index in [4.69, 9.17) is 5.73 Å². The second-order valence-electron chi connectivity index (χ2n) is 3.52. The van der Waals surface area contributed by atoms with Crippen molar-refractivity contribution in [1.82, 2.24) is 15.0 Å². The van der Waals surface area contributed by atoms with Crippen molar-refractivity contribution in [2.24, 2.45) is 18.7 Å². The molecule has 2 atom stereocenters. The first-order valence-corrected chi connectivity index (χ1v) is 4.72. The smallest absolute Gasteiger partial charge is 0.199 e. The van der Waals surface area contributed by atoms with Crippen LogP contribution in [0.2, 0.25) is 0 Å². The quantitative estimate of drug-likeness (QED) is 0.706. The molecule has 14 heavy (non-hydrogen) atoms. The van der Waals surface area contributed by atoms with E-state index in [-0.39, 0.29) is 11.7 Å². The van der Waals surface area contributed by atoms with Crippen LogP contribution in [0.3, 0.4) is 0 Å². The van der Waals surface area contributed by atoms with Gasteiger partial charge in [0, 0.05) is 7.05 Å². The standard InChI is InChI=1S/C9H16N4O/c1-4-6(2)8(10)9(14)7-5-11-12-13(7)3/h5-6,8H,4,10H2,1-3H3. The molecule has 0 aliphatic carbocycles. The average Bonchev–Trinajstić information content (AvgIpc) is 2.61. The van der Waals surface area contributed by atoms with Gasteiger partial charge in [0.15, 0.2) is 5.78 Å². The zero-order valence-corrected chi connectivity index (χ0v) is 8.77. The van der Waals surface area contributed by atoms with Crippen molar-refractivity contribution < 1.29 is 4.79 Å². The summed E-state index contributed by atoms with van der Waals surface area (Å²) in [4.78, 5) is 11.8. The first-order chi connectivity index (χ1) is 6.57. The average molecular weight is 196 g/mol. The third-order valence-corrected chi connectivity index (χ3v) is 2.53. The summed E-state index contributed by atoms with van der Waals surface area (Å²) in [6.07, 6.45) is 2.34. The molecule has 1 aromatic rings. The number of aryl methyl sites for hydroxylation is 1. The number of aromatic nitrogens is 3. The third kappa shape index (κ3) is 1.98. The van der Waals surface area contributed by atoms with Crippen molar-refractivity contribution in [3.63, 3.8) is 0 Å². The molecule has 78 valence electrons. The Morgan fingerprint density at radius 3 is 2.79 bits per heavy atom. The summed E-state index contributed by atoms with van der Waals surface area (Å²) >= 11 is 0. The van der Waals surface area contributed by atoms with Crippen molar-refractivity contribution in [3.8, 4) is 0 Å². The van der Waals surface area contributed by atoms with Gasteiger partial charge in [-0.25, -0.2) is 4.68 Å². The van der Waals surface area contributed by atoms with Gasteiger partial charge in [-0.2, -0.15) is 0 Å². The molecule has 0 aliphatic rings. The first kappa shape index (κ1) is 10.8. The van der Waals surface area contributed by atoms with Gasteiger partial charge >= 0.3 is 0 Å². The van der Waals surface area contributed by atoms with Crippen LogP contribution in [0.4, 0.5) is 0 Å². The van der Waals surface area contributed by atoms with E-state index in [0.717, 1.165) is 6.42 Å². The molecule has 5 nitrogen and oxygen atoms in total. The normalized spacial score (nSPS) is 15.1. The number of carbonyl (C=O) groups excluding carboxylic acids is 1. The van der Waals surface area contributed by atoms with Crippen molar-refractivity contribution in [2.45, 2.75) is 26.3 Å². The molecule has 0 bridgehead atoms. The molecular weight excluding hydrogens is 180 g/mol. The second kappa shape index (κ2) is 4.32. The fourth-order valence-corrected chi connectivity index (χ4v) is 1.20. The molecule has 5 heteroatoms. The lowest BCUT2D eigenvalue weighted by molar-refractivity contribution is 0.0925. The van der Waals surface area contributed by atoms with Crippen LogP contribution in [-0.4, -0.2) is 26.8 Å². The van der Waals surface area contributed by atoms with E-state index in [1.54, 1.807) is 7.05 Å². The molecule has 0 spiro atoms. The molecule has 0 fully saturated rings. The predicted octanol–water partition coefficient (Wildman–Crippen LogP) is 0.371. The maximum absolute atomic E-state index is 11.8. The van der Waals surface area contributed by atoms with Gasteiger partial charge < -0.3 is 5.73 Å². The Balaban J connectivity index is 2.81. The molecule has 0 aliphatic heterocycles. The van der Waals surface area contributed by atoms with Gasteiger partial charge in [-0.05, 0) is 5.92 Å². The Hall–Kier alpha value is -1.23. The third-order valence-electron chi connectivity index (χ3n) is 2.53. The van der Waals surface area contributed by atoms with Crippen LogP contribution in [0.15, 0.2) is 6.20 Å². The number of Topliss-reactive ketones (excluding diaryl/α,β-unsaturated/α-hetero) is 1. The topological polar surface area (TPSA) is 73.8 Å². The van der Waals surface area contributed by atoms with Gasteiger partial charge in [-0.3, -0.25) is 4.79 Å². The molecule has 1 aromatic heterocycles. The second-order valence-corrected chi connectivity index (χ2v) is 3.52. The lowest BCUT2D eigenvalue weighted by Crippen LogP contribution is -2.37. The summed E-state index contributed by atoms with van der Waals surface area (Å²) in [5.41, 5.74) is 6.28. The minimum Gasteiger partial charge on any atom is -0.321 e. The van der Waals surface area contributed by atoms with Crippen LogP contribution in [0.5, 0.6) is 0 Å². The zero-order chi connectivity index (χ0) is 10.7. The molecule has 1 heterocycles. The molecule has 0 saturated carbocycles. The summed E-state index contributed by atoms with van der Waals surface area (Å²) in [5, 5.41) is 7.34. The van der Waals surface area contributed by atoms with E-state index >= 15 is 0 Å². The molecule has 1 rings (SSSR count). The van der Waals surface area contributed by atoms with Crippen molar-refractivity contribution >= 4 is 5.78 Å². The highest BCUT2D eigenvalue weighted by atomic mass is 16.1. The Morgan fingerprint density at radius 2 is 2.36 bits per heavy atom. The van der Waals surface area contributed by atoms with Crippen molar-refractivity contribution in [2.75, 3.05) is 0 Å². The van der Waals surface area contributed by atoms with Gasteiger partial charge in [0.05, 0.1) is 12.2 Å². The largest absolute Gasteiger partial charge is 0.321 e. The van der Waals surface area contributed by atoms with E-state index < -0.39 is 6.04 Å². The number of ketones is 1. The first-order valence-electron chi connectivity index (χ1n) is 4.72. The van der Waals surface area contributed by atoms with Gasteiger partial charge in [0.25, 0.3) is 0 Å². The maximum atomic E-state index is 11.8. The van der Waals surface area contributed by atoms with Crippen LogP contribution >= 0.6 is 0 Å². The number of carbonyl (C=O) groups is 1. The molecular formula is C9H16N4O. The summed E-state index contributed by atoms with van der Waals surface area (Å²) in [7, 11) is 1.68. The molecule has 2 N–H and O–H groups in total. The van der Waals surface area contributed by atoms with Crippen LogP contribution < -0.4 is 5.73 Å². The molecule has 2 unspecified atom stereocenters. The fraction of sp³-hybridized carbons (Fsp3) is 0.667. The number of nitrogens with zero attached hydrogens (tertiary/aromatic N) is 3. The minimum absolute atomic E-state index is 0.0909. The van der Waals surface area contributed by atoms with E-state index in [0.29, 0.717) is 5.69 Å². The highest BCUT2D eigenvalue weighted by molar-refractivity contribution is 5.98. The Morgan fingerprint density at radius 1 is 1.71 bits per heavy atom. The summed E-state index contributed by atoms with van der Waals surface area (Å²) < 4.78 is 1.45. The van der Waals surface area contributed by atoms with Crippen LogP contribution in [0, 0.1) is 5.92 Å². The SMILES string of the molecule is CCC(C)C(N)C(=O)c1cnnn1C. The van der Waals surface area contributed by atoms with Gasteiger partial charge in [0.1, 0.15) is 5.69 Å². The van der Waals surface area contributed by atoms with Gasteiger partial charge in [0.2, 0.25) is 0 Å². The number of nitrogens with two attached hydrogens (primary N) is 1. The van der Waals surface area contributed by atoms with E-state index in [1.807, 2.05) is 13.8 Å². The number of hydrogen-bond acceptors (Lipinski definition) is 4. The Bertz CT molecular complexity index is 320. The fourth-order valence-electron chi connectivity index (χ4n) is 1.20. The van der Waals surface area contributed by atoms with E-state index in [2.05, 4.69) is 10.3 Å². The molecule has 0 amide bonds. The van der Waals surface area contributed by atoms with Crippen LogP contribution in [-0.2, 0) is 7.05 Å². The molecule has 0 radical (unpaired) electrons. The van der Waals surface area contributed by atoms with Crippen LogP contribution in [0.25, 0.3) is 0 Å². The minimum atomic E-state index is -0.461. The van der Waals surface area contributed by atoms with Gasteiger partial charge in [-0.1, -0.05) is 25.5 Å². The number of rotatable bonds is 4. The molecule has 0 aromatic carbocycles. The molecule has 0 saturated heterocycles. The number of hydrogen-bond donors (Lipinski definition) is 1. The highest BCUT2D eigenvalue weighted by Gasteiger charge is 2.23. The lowest BCUT2D eigenvalue weighted by Gasteiger charge is -2.16. The maximum Gasteiger partial charge on any atom is 0.199 e. The monoisotopic (exact) mass is 196 g/mol.